The quantitative estimate of drug-likeness (QED) is 0.0872. The van der Waals surface area contributed by atoms with Crippen LogP contribution in [-0.2, 0) is 71.0 Å². The Hall–Kier alpha value is -6.90. The second kappa shape index (κ2) is 22.8. The van der Waals surface area contributed by atoms with Crippen molar-refractivity contribution in [3.05, 3.63) is 173 Å². The van der Waals surface area contributed by atoms with Crippen molar-refractivity contribution in [1.29, 1.82) is 10.5 Å². The van der Waals surface area contributed by atoms with Gasteiger partial charge in [0.05, 0.1) is 12.1 Å². The summed E-state index contributed by atoms with van der Waals surface area (Å²) in [6.45, 7) is 41.6. The van der Waals surface area contributed by atoms with Crippen LogP contribution in [0.25, 0.3) is 0 Å². The number of benzene rings is 6. The third-order valence-electron chi connectivity index (χ3n) is 15.1. The minimum Gasteiger partial charge on any atom is -0.507 e. The minimum atomic E-state index is -0.299. The fraction of sp³-hybridized carbons (Fsp3) is 0.457. The first-order valence-corrected chi connectivity index (χ1v) is 27.5. The lowest BCUT2D eigenvalue weighted by molar-refractivity contribution is 0.449. The van der Waals surface area contributed by atoms with Gasteiger partial charge in [0, 0.05) is 52.4 Å². The lowest BCUT2D eigenvalue weighted by atomic mass is 9.79. The zero-order valence-electron chi connectivity index (χ0n) is 50.7. The summed E-state index contributed by atoms with van der Waals surface area (Å²) in [6, 6.07) is 28.1. The maximum absolute atomic E-state index is 12.5. The zero-order valence-corrected chi connectivity index (χ0v) is 50.7. The lowest BCUT2D eigenvalue weighted by Gasteiger charge is -2.27. The molecule has 0 fully saturated rings. The van der Waals surface area contributed by atoms with E-state index in [1.165, 1.54) is 13.8 Å². The van der Waals surface area contributed by atoms with Crippen molar-refractivity contribution in [3.8, 4) is 46.6 Å². The van der Waals surface area contributed by atoms with E-state index in [-0.39, 0.29) is 106 Å². The Balaban J connectivity index is 0.00000178. The summed E-state index contributed by atoms with van der Waals surface area (Å²) in [7, 11) is 0. The highest BCUT2D eigenvalue weighted by Crippen LogP contribution is 2.45. The van der Waals surface area contributed by atoms with Crippen molar-refractivity contribution in [3.63, 3.8) is 0 Å². The summed E-state index contributed by atoms with van der Waals surface area (Å²) in [5.41, 5.74) is 12.3. The van der Waals surface area contributed by atoms with E-state index in [0.29, 0.717) is 66.8 Å². The second-order valence-corrected chi connectivity index (χ2v) is 27.9. The van der Waals surface area contributed by atoms with Crippen molar-refractivity contribution in [2.75, 3.05) is 0 Å². The van der Waals surface area contributed by atoms with Crippen molar-refractivity contribution in [1.82, 2.24) is 0 Å². The smallest absolute Gasteiger partial charge is 0.122 e. The standard InChI is InChI=1S/C66H84O6.2C2H3N/c1-61(2,3)49-25-37-19-39-27-50(62(4,5)6)29-41(56(39)68)21-43-31-52(64(10,11)12)33-45(58(43)70)23-47-35-54(66(16,17)18)36-48(60(47)72)24-46-34-53(65(13,14)15)32-44(59(46)71)22-42-30-51(63(7,8)9)28-40(57(42)69)20-38(26-49)55(37)67;2*1-2-3/h25-36,67-72H,19-24H2,1-18H3;2*1H3. The highest BCUT2D eigenvalue weighted by molar-refractivity contribution is 5.60. The van der Waals surface area contributed by atoms with Crippen LogP contribution in [0.5, 0.6) is 34.5 Å². The molecule has 12 bridgehead atoms. The summed E-state index contributed by atoms with van der Waals surface area (Å²) < 4.78 is 0. The summed E-state index contributed by atoms with van der Waals surface area (Å²) >= 11 is 0. The first-order valence-electron chi connectivity index (χ1n) is 27.5. The Labute approximate surface area is 468 Å². The molecule has 0 saturated carbocycles. The molecule has 1 aliphatic carbocycles. The van der Waals surface area contributed by atoms with E-state index >= 15 is 0 Å². The second-order valence-electron chi connectivity index (χ2n) is 27.9. The number of nitriles is 2. The Bertz CT molecular complexity index is 2590. The maximum atomic E-state index is 12.5. The van der Waals surface area contributed by atoms with Gasteiger partial charge in [-0.2, -0.15) is 10.5 Å². The molecule has 0 spiro atoms. The lowest BCUT2D eigenvalue weighted by Crippen LogP contribution is -2.15. The number of fused-ring (bicyclic) bond motifs is 12. The van der Waals surface area contributed by atoms with Crippen LogP contribution in [0, 0.1) is 22.7 Å². The SMILES string of the molecule is CC#N.CC#N.CC(C)(C)c1cc2c(O)c(c1)Cc1cc(C(C)(C)C)cc(c1O)Cc1cc(C(C)(C)C)cc(c1O)Cc1cc(C(C)(C)C)cc(c1O)Cc1cc(C(C)(C)C)cc(c1O)Cc1cc(C(C)(C)C)cc(c1O)C2. The molecule has 0 aliphatic heterocycles. The zero-order chi connectivity index (χ0) is 59.0. The topological polar surface area (TPSA) is 169 Å². The molecule has 7 rings (SSSR count). The van der Waals surface area contributed by atoms with Gasteiger partial charge >= 0.3 is 0 Å². The number of aromatic hydroxyl groups is 6. The van der Waals surface area contributed by atoms with Crippen molar-refractivity contribution >= 4 is 0 Å². The van der Waals surface area contributed by atoms with E-state index in [1.54, 1.807) is 12.1 Å². The van der Waals surface area contributed by atoms with Crippen LogP contribution in [0.1, 0.15) is 239 Å². The minimum absolute atomic E-state index is 0.114. The van der Waals surface area contributed by atoms with E-state index < -0.39 is 0 Å². The number of hydrogen-bond acceptors (Lipinski definition) is 8. The molecule has 0 atom stereocenters. The Kier molecular flexibility index (Phi) is 18.1. The van der Waals surface area contributed by atoms with Crippen LogP contribution < -0.4 is 0 Å². The number of nitrogens with zero attached hydrogens (tertiary/aromatic N) is 2. The van der Waals surface area contributed by atoms with Gasteiger partial charge in [0.1, 0.15) is 34.5 Å². The van der Waals surface area contributed by atoms with Gasteiger partial charge in [0.15, 0.2) is 0 Å². The number of phenolic OH excluding ortho intramolecular Hbond substituents is 6. The average molecular weight is 1060 g/mol. The Morgan fingerprint density at radius 3 is 0.385 bits per heavy atom. The molecule has 6 aromatic carbocycles. The van der Waals surface area contributed by atoms with Gasteiger partial charge in [-0.3, -0.25) is 0 Å². The fourth-order valence-electron chi connectivity index (χ4n) is 10.0. The Morgan fingerprint density at radius 2 is 0.321 bits per heavy atom. The maximum Gasteiger partial charge on any atom is 0.122 e. The van der Waals surface area contributed by atoms with Crippen molar-refractivity contribution in [2.24, 2.45) is 0 Å². The highest BCUT2D eigenvalue weighted by Gasteiger charge is 2.29. The summed E-state index contributed by atoms with van der Waals surface area (Å²) in [5.74, 6) is 0.684. The van der Waals surface area contributed by atoms with Gasteiger partial charge in [-0.15, -0.1) is 0 Å². The van der Waals surface area contributed by atoms with Gasteiger partial charge < -0.3 is 30.6 Å². The van der Waals surface area contributed by atoms with E-state index in [1.807, 2.05) is 72.8 Å². The summed E-state index contributed by atoms with van der Waals surface area (Å²) in [6.07, 6.45) is 1.43. The number of hydrogen-bond donors (Lipinski definition) is 6. The monoisotopic (exact) mass is 1050 g/mol. The molecular formula is C70H90N2O6. The van der Waals surface area contributed by atoms with Crippen LogP contribution in [0.4, 0.5) is 0 Å². The van der Waals surface area contributed by atoms with Gasteiger partial charge in [0.25, 0.3) is 0 Å². The van der Waals surface area contributed by atoms with Gasteiger partial charge in [-0.25, -0.2) is 0 Å². The molecule has 8 heteroatoms. The summed E-state index contributed by atoms with van der Waals surface area (Å²) in [4.78, 5) is 0. The van der Waals surface area contributed by atoms with E-state index in [2.05, 4.69) is 125 Å². The predicted octanol–water partition coefficient (Wildman–Crippen LogP) is 16.6. The molecule has 0 aromatic heterocycles. The summed E-state index contributed by atoms with van der Waals surface area (Å²) in [5, 5.41) is 89.5. The van der Waals surface area contributed by atoms with E-state index in [0.717, 1.165) is 33.4 Å². The number of phenols is 6. The first kappa shape index (κ1) is 61.9. The van der Waals surface area contributed by atoms with Gasteiger partial charge in [0.2, 0.25) is 0 Å². The molecule has 0 saturated heterocycles. The number of rotatable bonds is 0. The van der Waals surface area contributed by atoms with Crippen LogP contribution in [0.2, 0.25) is 0 Å². The van der Waals surface area contributed by atoms with Crippen LogP contribution in [-0.4, -0.2) is 30.6 Å². The van der Waals surface area contributed by atoms with Crippen molar-refractivity contribution in [2.45, 2.75) is 209 Å². The molecule has 0 amide bonds. The molecule has 8 nitrogen and oxygen atoms in total. The molecule has 0 heterocycles. The van der Waals surface area contributed by atoms with Crippen LogP contribution >= 0.6 is 0 Å². The molecular weight excluding hydrogens is 965 g/mol. The normalized spacial score (nSPS) is 13.4. The molecule has 1 aliphatic rings. The van der Waals surface area contributed by atoms with Crippen LogP contribution in [0.3, 0.4) is 0 Å². The van der Waals surface area contributed by atoms with Gasteiger partial charge in [-0.1, -0.05) is 197 Å². The molecule has 0 radical (unpaired) electrons. The van der Waals surface area contributed by atoms with E-state index in [9.17, 15) is 30.6 Å². The Morgan fingerprint density at radius 1 is 0.244 bits per heavy atom. The van der Waals surface area contributed by atoms with Crippen LogP contribution in [0.15, 0.2) is 72.8 Å². The largest absolute Gasteiger partial charge is 0.507 e. The first-order chi connectivity index (χ1) is 35.7. The molecule has 416 valence electrons. The highest BCUT2D eigenvalue weighted by atomic mass is 16.3. The molecule has 6 N–H and O–H groups in total. The third kappa shape index (κ3) is 14.4. The fourth-order valence-corrected chi connectivity index (χ4v) is 10.0. The molecule has 0 unspecified atom stereocenters. The third-order valence-corrected chi connectivity index (χ3v) is 15.1. The average Bonchev–Trinajstić information content (AvgIpc) is 3.29. The molecule has 6 aromatic rings. The van der Waals surface area contributed by atoms with E-state index in [4.69, 9.17) is 10.5 Å². The van der Waals surface area contributed by atoms with Gasteiger partial charge in [-0.05, 0) is 133 Å². The predicted molar refractivity (Wildman–Crippen MR) is 320 cm³/mol. The molecule has 78 heavy (non-hydrogen) atoms. The van der Waals surface area contributed by atoms with Crippen molar-refractivity contribution < 1.29 is 30.6 Å².